The molecule has 1 aliphatic rings. The first-order valence-corrected chi connectivity index (χ1v) is 7.26. The molecule has 1 saturated heterocycles. The van der Waals surface area contributed by atoms with E-state index in [9.17, 15) is 0 Å². The zero-order valence-electron chi connectivity index (χ0n) is 10.5. The van der Waals surface area contributed by atoms with E-state index in [4.69, 9.17) is 5.73 Å². The van der Waals surface area contributed by atoms with Gasteiger partial charge in [-0.3, -0.25) is 4.90 Å². The minimum atomic E-state index is 0.262. The molecule has 3 heteroatoms. The first kappa shape index (κ1) is 13.3. The van der Waals surface area contributed by atoms with Gasteiger partial charge in [-0.25, -0.2) is 0 Å². The second kappa shape index (κ2) is 6.12. The molecule has 1 heterocycles. The molecule has 0 aliphatic carbocycles. The van der Waals surface area contributed by atoms with Crippen LogP contribution in [0.3, 0.4) is 0 Å². The molecule has 1 fully saturated rings. The number of hydrogen-bond acceptors (Lipinski definition) is 3. The van der Waals surface area contributed by atoms with Crippen molar-refractivity contribution in [2.75, 3.05) is 31.1 Å². The first-order chi connectivity index (χ1) is 7.09. The maximum absolute atomic E-state index is 5.81. The van der Waals surface area contributed by atoms with Crippen LogP contribution in [0.25, 0.3) is 0 Å². The van der Waals surface area contributed by atoms with E-state index in [1.165, 1.54) is 24.3 Å². The Morgan fingerprint density at radius 3 is 2.67 bits per heavy atom. The Morgan fingerprint density at radius 1 is 1.47 bits per heavy atom. The van der Waals surface area contributed by atoms with Crippen molar-refractivity contribution in [3.8, 4) is 0 Å². The van der Waals surface area contributed by atoms with E-state index in [1.54, 1.807) is 0 Å². The van der Waals surface area contributed by atoms with Gasteiger partial charge in [0.1, 0.15) is 0 Å². The van der Waals surface area contributed by atoms with Crippen LogP contribution in [0.1, 0.15) is 33.6 Å². The molecule has 90 valence electrons. The highest BCUT2D eigenvalue weighted by Gasteiger charge is 2.25. The van der Waals surface area contributed by atoms with Crippen LogP contribution in [0.2, 0.25) is 0 Å². The third-order valence-corrected chi connectivity index (χ3v) is 4.44. The van der Waals surface area contributed by atoms with Gasteiger partial charge in [-0.2, -0.15) is 11.8 Å². The molecule has 0 saturated carbocycles. The van der Waals surface area contributed by atoms with Crippen molar-refractivity contribution in [3.63, 3.8) is 0 Å². The molecule has 1 atom stereocenters. The van der Waals surface area contributed by atoms with Crippen molar-refractivity contribution in [2.45, 2.75) is 39.7 Å². The summed E-state index contributed by atoms with van der Waals surface area (Å²) in [4.78, 5) is 2.62. The van der Waals surface area contributed by atoms with Crippen LogP contribution in [0.4, 0.5) is 0 Å². The summed E-state index contributed by atoms with van der Waals surface area (Å²) in [5.41, 5.74) is 6.07. The van der Waals surface area contributed by atoms with Crippen LogP contribution in [0.15, 0.2) is 0 Å². The van der Waals surface area contributed by atoms with Crippen molar-refractivity contribution in [1.82, 2.24) is 4.90 Å². The van der Waals surface area contributed by atoms with E-state index >= 15 is 0 Å². The Morgan fingerprint density at radius 2 is 2.20 bits per heavy atom. The van der Waals surface area contributed by atoms with Gasteiger partial charge in [0.15, 0.2) is 0 Å². The van der Waals surface area contributed by atoms with Gasteiger partial charge in [-0.15, -0.1) is 0 Å². The minimum Gasteiger partial charge on any atom is -0.330 e. The summed E-state index contributed by atoms with van der Waals surface area (Å²) < 4.78 is 0. The zero-order valence-corrected chi connectivity index (χ0v) is 11.3. The van der Waals surface area contributed by atoms with E-state index < -0.39 is 0 Å². The highest BCUT2D eigenvalue weighted by molar-refractivity contribution is 7.99. The van der Waals surface area contributed by atoms with Crippen LogP contribution >= 0.6 is 11.8 Å². The van der Waals surface area contributed by atoms with Gasteiger partial charge in [-0.1, -0.05) is 20.8 Å². The Hall–Kier alpha value is 0.270. The molecule has 0 aromatic heterocycles. The minimum absolute atomic E-state index is 0.262. The summed E-state index contributed by atoms with van der Waals surface area (Å²) in [7, 11) is 0. The predicted octanol–water partition coefficient (Wildman–Crippen LogP) is 2.19. The van der Waals surface area contributed by atoms with Crippen LogP contribution in [0, 0.1) is 5.41 Å². The molecule has 1 rings (SSSR count). The number of thioether (sulfide) groups is 1. The summed E-state index contributed by atoms with van der Waals surface area (Å²) in [6, 6.07) is 0.791. The lowest BCUT2D eigenvalue weighted by atomic mass is 9.92. The fourth-order valence-electron chi connectivity index (χ4n) is 2.13. The van der Waals surface area contributed by atoms with E-state index in [0.29, 0.717) is 0 Å². The molecular formula is C12H26N2S. The van der Waals surface area contributed by atoms with E-state index in [-0.39, 0.29) is 5.41 Å². The molecule has 0 aromatic carbocycles. The Bertz CT molecular complexity index is 176. The zero-order chi connectivity index (χ0) is 11.3. The molecule has 2 N–H and O–H groups in total. The Labute approximate surface area is 99.0 Å². The average Bonchev–Trinajstić information content (AvgIpc) is 2.27. The monoisotopic (exact) mass is 230 g/mol. The lowest BCUT2D eigenvalue weighted by Gasteiger charge is -2.38. The predicted molar refractivity (Wildman–Crippen MR) is 70.4 cm³/mol. The third kappa shape index (κ3) is 4.33. The Kier molecular flexibility index (Phi) is 5.44. The highest BCUT2D eigenvalue weighted by Crippen LogP contribution is 2.24. The SMILES string of the molecule is CCN(CC(C)(C)CN)C1CCCSC1. The fourth-order valence-corrected chi connectivity index (χ4v) is 3.31. The second-order valence-electron chi connectivity index (χ2n) is 5.30. The van der Waals surface area contributed by atoms with Crippen LogP contribution in [-0.4, -0.2) is 42.1 Å². The maximum atomic E-state index is 5.81. The lowest BCUT2D eigenvalue weighted by Crippen LogP contribution is -2.46. The summed E-state index contributed by atoms with van der Waals surface area (Å²) in [6.07, 6.45) is 2.76. The molecule has 1 unspecified atom stereocenters. The molecule has 0 spiro atoms. The molecule has 15 heavy (non-hydrogen) atoms. The largest absolute Gasteiger partial charge is 0.330 e. The number of rotatable bonds is 5. The van der Waals surface area contributed by atoms with Gasteiger partial charge >= 0.3 is 0 Å². The quantitative estimate of drug-likeness (QED) is 0.785. The van der Waals surface area contributed by atoms with Gasteiger partial charge in [0, 0.05) is 18.3 Å². The molecule has 0 amide bonds. The summed E-state index contributed by atoms with van der Waals surface area (Å²) in [5, 5.41) is 0. The average molecular weight is 230 g/mol. The maximum Gasteiger partial charge on any atom is 0.0186 e. The van der Waals surface area contributed by atoms with E-state index in [1.807, 2.05) is 0 Å². The molecule has 2 nitrogen and oxygen atoms in total. The highest BCUT2D eigenvalue weighted by atomic mass is 32.2. The van der Waals surface area contributed by atoms with Crippen molar-refractivity contribution < 1.29 is 0 Å². The normalized spacial score (nSPS) is 23.4. The molecule has 0 radical (unpaired) electrons. The molecule has 1 aliphatic heterocycles. The Balaban J connectivity index is 2.46. The van der Waals surface area contributed by atoms with Crippen LogP contribution in [0.5, 0.6) is 0 Å². The number of nitrogens with zero attached hydrogens (tertiary/aromatic N) is 1. The van der Waals surface area contributed by atoms with Crippen molar-refractivity contribution >= 4 is 11.8 Å². The summed E-state index contributed by atoms with van der Waals surface area (Å²) in [6.45, 7) is 9.90. The summed E-state index contributed by atoms with van der Waals surface area (Å²) >= 11 is 2.11. The fraction of sp³-hybridized carbons (Fsp3) is 1.00. The van der Waals surface area contributed by atoms with Gasteiger partial charge in [-0.05, 0) is 37.1 Å². The van der Waals surface area contributed by atoms with Crippen molar-refractivity contribution in [1.29, 1.82) is 0 Å². The van der Waals surface area contributed by atoms with Gasteiger partial charge < -0.3 is 5.73 Å². The summed E-state index contributed by atoms with van der Waals surface area (Å²) in [5.74, 6) is 2.67. The number of hydrogen-bond donors (Lipinski definition) is 1. The van der Waals surface area contributed by atoms with Gasteiger partial charge in [0.25, 0.3) is 0 Å². The first-order valence-electron chi connectivity index (χ1n) is 6.11. The molecule has 0 bridgehead atoms. The van der Waals surface area contributed by atoms with E-state index in [2.05, 4.69) is 37.4 Å². The van der Waals surface area contributed by atoms with Crippen molar-refractivity contribution in [2.24, 2.45) is 11.1 Å². The lowest BCUT2D eigenvalue weighted by molar-refractivity contribution is 0.142. The van der Waals surface area contributed by atoms with Crippen LogP contribution in [-0.2, 0) is 0 Å². The standard InChI is InChI=1S/C12H26N2S/c1-4-14(10-12(2,3)9-13)11-6-5-7-15-8-11/h11H,4-10,13H2,1-3H3. The number of nitrogens with two attached hydrogens (primary N) is 1. The smallest absolute Gasteiger partial charge is 0.0186 e. The van der Waals surface area contributed by atoms with Crippen LogP contribution < -0.4 is 5.73 Å². The topological polar surface area (TPSA) is 29.3 Å². The van der Waals surface area contributed by atoms with Gasteiger partial charge in [0.05, 0.1) is 0 Å². The third-order valence-electron chi connectivity index (χ3n) is 3.24. The molecule has 0 aromatic rings. The second-order valence-corrected chi connectivity index (χ2v) is 6.45. The van der Waals surface area contributed by atoms with Crippen molar-refractivity contribution in [3.05, 3.63) is 0 Å². The molecular weight excluding hydrogens is 204 g/mol. The van der Waals surface area contributed by atoms with Gasteiger partial charge in [0.2, 0.25) is 0 Å². The van der Waals surface area contributed by atoms with E-state index in [0.717, 1.165) is 25.7 Å².